The molecule has 1 heterocycles. The van der Waals surface area contributed by atoms with E-state index in [1.165, 1.54) is 0 Å². The Hall–Kier alpha value is -1.22. The minimum Gasteiger partial charge on any atom is -0.400 e. The van der Waals surface area contributed by atoms with Crippen molar-refractivity contribution in [1.82, 2.24) is 0 Å². The van der Waals surface area contributed by atoms with E-state index in [2.05, 4.69) is 18.7 Å². The third kappa shape index (κ3) is 3.40. The zero-order valence-corrected chi connectivity index (χ0v) is 14.5. The van der Waals surface area contributed by atoms with Gasteiger partial charge in [-0.05, 0) is 44.3 Å². The summed E-state index contributed by atoms with van der Waals surface area (Å²) >= 11 is 4.43. The molecular formula is C17H22BNO2S. The highest BCUT2D eigenvalue weighted by Crippen LogP contribution is 2.39. The average molecular weight is 315 g/mol. The lowest BCUT2D eigenvalue weighted by atomic mass is 9.78. The summed E-state index contributed by atoms with van der Waals surface area (Å²) in [6.07, 6.45) is 2.41. The van der Waals surface area contributed by atoms with Crippen LogP contribution in [0.3, 0.4) is 0 Å². The van der Waals surface area contributed by atoms with Gasteiger partial charge in [0.05, 0.1) is 23.7 Å². The van der Waals surface area contributed by atoms with Crippen molar-refractivity contribution in [3.05, 3.63) is 40.9 Å². The molecule has 0 saturated carbocycles. The largest absolute Gasteiger partial charge is 0.491 e. The van der Waals surface area contributed by atoms with Crippen LogP contribution in [0.5, 0.6) is 0 Å². The monoisotopic (exact) mass is 315 g/mol. The fourth-order valence-electron chi connectivity index (χ4n) is 2.30. The van der Waals surface area contributed by atoms with Crippen molar-refractivity contribution in [2.45, 2.75) is 45.3 Å². The lowest BCUT2D eigenvalue weighted by molar-refractivity contribution is 0.00578. The second kappa shape index (κ2) is 6.50. The van der Waals surface area contributed by atoms with Crippen molar-refractivity contribution in [1.29, 1.82) is 5.26 Å². The first-order valence-electron chi connectivity index (χ1n) is 7.42. The molecule has 116 valence electrons. The Morgan fingerprint density at radius 2 is 1.82 bits per heavy atom. The third-order valence-corrected chi connectivity index (χ3v) is 4.77. The molecule has 1 aliphatic rings. The molecule has 1 aliphatic heterocycles. The predicted molar refractivity (Wildman–Crippen MR) is 93.7 cm³/mol. The van der Waals surface area contributed by atoms with Gasteiger partial charge >= 0.3 is 7.12 Å². The van der Waals surface area contributed by atoms with E-state index in [0.29, 0.717) is 12.2 Å². The van der Waals surface area contributed by atoms with E-state index >= 15 is 0 Å². The first-order valence-corrected chi connectivity index (χ1v) is 8.06. The van der Waals surface area contributed by atoms with Gasteiger partial charge in [0.2, 0.25) is 0 Å². The van der Waals surface area contributed by atoms with E-state index in [4.69, 9.17) is 14.6 Å². The van der Waals surface area contributed by atoms with Gasteiger partial charge in [0, 0.05) is 5.75 Å². The van der Waals surface area contributed by atoms with Crippen molar-refractivity contribution in [3.63, 3.8) is 0 Å². The highest BCUT2D eigenvalue weighted by Gasteiger charge is 2.52. The molecule has 0 radical (unpaired) electrons. The Bertz CT molecular complexity index is 603. The number of nitriles is 1. The maximum Gasteiger partial charge on any atom is 0.491 e. The summed E-state index contributed by atoms with van der Waals surface area (Å²) in [6.45, 7) is 8.14. The first kappa shape index (κ1) is 17.1. The van der Waals surface area contributed by atoms with Crippen LogP contribution in [-0.4, -0.2) is 24.1 Å². The third-order valence-electron chi connectivity index (χ3n) is 4.40. The van der Waals surface area contributed by atoms with Crippen LogP contribution in [0.25, 0.3) is 6.08 Å². The molecule has 0 atom stereocenters. The molecule has 2 rings (SSSR count). The molecule has 1 aromatic rings. The second-order valence-corrected chi connectivity index (χ2v) is 6.82. The van der Waals surface area contributed by atoms with Gasteiger partial charge in [-0.1, -0.05) is 30.3 Å². The molecule has 3 nitrogen and oxygen atoms in total. The summed E-state index contributed by atoms with van der Waals surface area (Å²) in [4.78, 5) is 0. The fourth-order valence-corrected chi connectivity index (χ4v) is 2.54. The van der Waals surface area contributed by atoms with Crippen molar-refractivity contribution in [3.8, 4) is 6.07 Å². The van der Waals surface area contributed by atoms with E-state index in [1.54, 1.807) is 0 Å². The van der Waals surface area contributed by atoms with Crippen LogP contribution < -0.4 is 0 Å². The van der Waals surface area contributed by atoms with Crippen LogP contribution in [0.15, 0.2) is 29.7 Å². The number of rotatable bonds is 4. The molecule has 0 spiro atoms. The van der Waals surface area contributed by atoms with E-state index in [9.17, 15) is 0 Å². The number of benzene rings is 1. The van der Waals surface area contributed by atoms with E-state index in [1.807, 2.05) is 58.0 Å². The normalized spacial score (nSPS) is 20.0. The van der Waals surface area contributed by atoms with Crippen molar-refractivity contribution in [2.24, 2.45) is 0 Å². The van der Waals surface area contributed by atoms with Crippen LogP contribution >= 0.6 is 12.6 Å². The molecule has 1 saturated heterocycles. The standard InChI is InChI=1S/C17H22BNO2S/c1-16(2)17(3,4)21-18(20-16)15(12-22)11-14-8-6-5-7-13(14)9-10-19/h5-8,11,22H,9,12H2,1-4H3. The van der Waals surface area contributed by atoms with Gasteiger partial charge in [0.15, 0.2) is 0 Å². The second-order valence-electron chi connectivity index (χ2n) is 6.50. The molecule has 0 unspecified atom stereocenters. The Morgan fingerprint density at radius 1 is 1.23 bits per heavy atom. The molecule has 0 N–H and O–H groups in total. The Balaban J connectivity index is 2.32. The van der Waals surface area contributed by atoms with Gasteiger partial charge in [-0.2, -0.15) is 17.9 Å². The van der Waals surface area contributed by atoms with E-state index in [0.717, 1.165) is 16.6 Å². The summed E-state index contributed by atoms with van der Waals surface area (Å²) in [5, 5.41) is 8.95. The SMILES string of the molecule is CC1(C)OB(C(=Cc2ccccc2CC#N)CS)OC1(C)C. The Morgan fingerprint density at radius 3 is 2.36 bits per heavy atom. The lowest BCUT2D eigenvalue weighted by Crippen LogP contribution is -2.41. The van der Waals surface area contributed by atoms with E-state index < -0.39 is 7.12 Å². The quantitative estimate of drug-likeness (QED) is 0.680. The molecule has 0 amide bonds. The Kier molecular flexibility index (Phi) is 5.06. The highest BCUT2D eigenvalue weighted by molar-refractivity contribution is 7.80. The molecule has 0 aliphatic carbocycles. The van der Waals surface area contributed by atoms with Gasteiger partial charge in [0.1, 0.15) is 0 Å². The fraction of sp³-hybridized carbons (Fsp3) is 0.471. The first-order chi connectivity index (χ1) is 10.3. The highest BCUT2D eigenvalue weighted by atomic mass is 32.1. The molecule has 0 bridgehead atoms. The van der Waals surface area contributed by atoms with Gasteiger partial charge in [-0.25, -0.2) is 0 Å². The van der Waals surface area contributed by atoms with E-state index in [-0.39, 0.29) is 11.2 Å². The number of hydrogen-bond donors (Lipinski definition) is 1. The van der Waals surface area contributed by atoms with Gasteiger partial charge in [-0.3, -0.25) is 0 Å². The van der Waals surface area contributed by atoms with Crippen LogP contribution in [0.4, 0.5) is 0 Å². The lowest BCUT2D eigenvalue weighted by Gasteiger charge is -2.32. The van der Waals surface area contributed by atoms with Crippen molar-refractivity contribution in [2.75, 3.05) is 5.75 Å². The maximum atomic E-state index is 8.95. The minimum absolute atomic E-state index is 0.369. The topological polar surface area (TPSA) is 42.2 Å². The number of hydrogen-bond acceptors (Lipinski definition) is 4. The van der Waals surface area contributed by atoms with Crippen molar-refractivity contribution < 1.29 is 9.31 Å². The van der Waals surface area contributed by atoms with Crippen LogP contribution in [0.2, 0.25) is 0 Å². The molecule has 5 heteroatoms. The molecule has 1 fully saturated rings. The smallest absolute Gasteiger partial charge is 0.400 e. The predicted octanol–water partition coefficient (Wildman–Crippen LogP) is 3.70. The van der Waals surface area contributed by atoms with Crippen molar-refractivity contribution >= 4 is 25.8 Å². The number of nitrogens with zero attached hydrogens (tertiary/aromatic N) is 1. The molecule has 1 aromatic carbocycles. The van der Waals surface area contributed by atoms with Crippen LogP contribution in [0.1, 0.15) is 38.8 Å². The Labute approximate surface area is 138 Å². The van der Waals surface area contributed by atoms with Crippen LogP contribution in [-0.2, 0) is 15.7 Å². The maximum absolute atomic E-state index is 8.95. The summed E-state index contributed by atoms with van der Waals surface area (Å²) in [6, 6.07) is 10.1. The zero-order valence-electron chi connectivity index (χ0n) is 13.6. The molecular weight excluding hydrogens is 293 g/mol. The van der Waals surface area contributed by atoms with Gasteiger partial charge < -0.3 is 9.31 Å². The van der Waals surface area contributed by atoms with Crippen LogP contribution in [0, 0.1) is 11.3 Å². The molecule has 22 heavy (non-hydrogen) atoms. The zero-order chi connectivity index (χ0) is 16.4. The van der Waals surface area contributed by atoms with Gasteiger partial charge in [0.25, 0.3) is 0 Å². The summed E-state index contributed by atoms with van der Waals surface area (Å²) in [5.41, 5.74) is 2.24. The summed E-state index contributed by atoms with van der Waals surface area (Å²) < 4.78 is 12.2. The molecule has 0 aromatic heterocycles. The summed E-state index contributed by atoms with van der Waals surface area (Å²) in [7, 11) is -0.405. The van der Waals surface area contributed by atoms with Gasteiger partial charge in [-0.15, -0.1) is 0 Å². The number of thiol groups is 1. The summed E-state index contributed by atoms with van der Waals surface area (Å²) in [5.74, 6) is 0.539. The minimum atomic E-state index is -0.405. The average Bonchev–Trinajstić information content (AvgIpc) is 2.66.